The molecule has 1 amide bonds. The van der Waals surface area contributed by atoms with E-state index in [1.807, 2.05) is 0 Å². The number of nitrogens with two attached hydrogens (primary N) is 1. The summed E-state index contributed by atoms with van der Waals surface area (Å²) in [6.45, 7) is 2.55. The zero-order valence-electron chi connectivity index (χ0n) is 12.5. The number of hydrogen-bond acceptors (Lipinski definition) is 5. The van der Waals surface area contributed by atoms with Crippen LogP contribution in [0.25, 0.3) is 0 Å². The number of halogens is 3. The Morgan fingerprint density at radius 3 is 2.70 bits per heavy atom. The van der Waals surface area contributed by atoms with Crippen LogP contribution in [0, 0.1) is 0 Å². The Kier molecular flexibility index (Phi) is 5.09. The molecule has 1 aromatic rings. The van der Waals surface area contributed by atoms with Gasteiger partial charge >= 0.3 is 12.3 Å². The lowest BCUT2D eigenvalue weighted by atomic mass is 10.0. The fourth-order valence-electron chi connectivity index (χ4n) is 2.28. The van der Waals surface area contributed by atoms with E-state index in [4.69, 9.17) is 10.5 Å². The number of rotatable bonds is 5. The largest absolute Gasteiger partial charge is 0.442 e. The van der Waals surface area contributed by atoms with Crippen LogP contribution in [-0.2, 0) is 10.9 Å². The zero-order valence-corrected chi connectivity index (χ0v) is 12.5. The molecule has 0 aliphatic carbocycles. The standard InChI is InChI=1S/C14H17F3N4O2/c1-2-21(6-5-18)12-4-3-9(7-10(12)14(15,16)17)11-8-23-13(22)20-19-11/h3-4,7H,2,5-6,8,18H2,1H3,(H,20,22). The second-order valence-corrected chi connectivity index (χ2v) is 4.84. The summed E-state index contributed by atoms with van der Waals surface area (Å²) >= 11 is 0. The molecule has 0 atom stereocenters. The summed E-state index contributed by atoms with van der Waals surface area (Å²) in [5.74, 6) is 0. The molecule has 9 heteroatoms. The molecule has 23 heavy (non-hydrogen) atoms. The number of carbonyl (C=O) groups excluding carboxylic acids is 1. The van der Waals surface area contributed by atoms with Gasteiger partial charge in [-0.2, -0.15) is 18.3 Å². The van der Waals surface area contributed by atoms with Gasteiger partial charge in [0, 0.05) is 30.9 Å². The molecule has 0 unspecified atom stereocenters. The number of likely N-dealkylation sites (N-methyl/N-ethyl adjacent to an activating group) is 1. The van der Waals surface area contributed by atoms with E-state index < -0.39 is 17.8 Å². The molecule has 0 saturated carbocycles. The van der Waals surface area contributed by atoms with Crippen molar-refractivity contribution in [2.75, 3.05) is 31.1 Å². The van der Waals surface area contributed by atoms with E-state index in [0.29, 0.717) is 13.1 Å². The third-order valence-electron chi connectivity index (χ3n) is 3.38. The number of hydrazone groups is 1. The predicted molar refractivity (Wildman–Crippen MR) is 79.4 cm³/mol. The Balaban J connectivity index is 2.44. The summed E-state index contributed by atoms with van der Waals surface area (Å²) in [5.41, 5.74) is 7.30. The third-order valence-corrected chi connectivity index (χ3v) is 3.38. The first kappa shape index (κ1) is 17.1. The van der Waals surface area contributed by atoms with Gasteiger partial charge in [-0.3, -0.25) is 0 Å². The number of ether oxygens (including phenoxy) is 1. The minimum atomic E-state index is -4.52. The fourth-order valence-corrected chi connectivity index (χ4v) is 2.28. The molecule has 1 aliphatic heterocycles. The van der Waals surface area contributed by atoms with Gasteiger partial charge in [0.15, 0.2) is 0 Å². The van der Waals surface area contributed by atoms with Gasteiger partial charge in [-0.05, 0) is 19.1 Å². The minimum absolute atomic E-state index is 0.0653. The van der Waals surface area contributed by atoms with Crippen LogP contribution in [0.1, 0.15) is 18.1 Å². The van der Waals surface area contributed by atoms with E-state index in [2.05, 4.69) is 10.5 Å². The number of benzene rings is 1. The number of anilines is 1. The van der Waals surface area contributed by atoms with Crippen molar-refractivity contribution in [1.29, 1.82) is 0 Å². The third kappa shape index (κ3) is 3.92. The van der Waals surface area contributed by atoms with Gasteiger partial charge in [-0.1, -0.05) is 6.07 Å². The summed E-state index contributed by atoms with van der Waals surface area (Å²) in [5, 5.41) is 3.73. The van der Waals surface area contributed by atoms with Gasteiger partial charge in [0.2, 0.25) is 0 Å². The highest BCUT2D eigenvalue weighted by Crippen LogP contribution is 2.37. The molecule has 1 aromatic carbocycles. The molecule has 0 fully saturated rings. The Morgan fingerprint density at radius 1 is 1.43 bits per heavy atom. The van der Waals surface area contributed by atoms with Crippen LogP contribution in [0.15, 0.2) is 23.3 Å². The second-order valence-electron chi connectivity index (χ2n) is 4.84. The van der Waals surface area contributed by atoms with Crippen LogP contribution >= 0.6 is 0 Å². The zero-order chi connectivity index (χ0) is 17.0. The summed E-state index contributed by atoms with van der Waals surface area (Å²) in [6, 6.07) is 3.91. The van der Waals surface area contributed by atoms with Gasteiger partial charge < -0.3 is 15.4 Å². The molecule has 6 nitrogen and oxygen atoms in total. The molecule has 0 saturated heterocycles. The van der Waals surface area contributed by atoms with Crippen LogP contribution in [0.3, 0.4) is 0 Å². The maximum Gasteiger partial charge on any atom is 0.428 e. The van der Waals surface area contributed by atoms with Gasteiger partial charge in [0.05, 0.1) is 5.56 Å². The van der Waals surface area contributed by atoms with E-state index in [-0.39, 0.29) is 30.1 Å². The second kappa shape index (κ2) is 6.86. The van der Waals surface area contributed by atoms with E-state index >= 15 is 0 Å². The van der Waals surface area contributed by atoms with Crippen molar-refractivity contribution in [2.45, 2.75) is 13.1 Å². The predicted octanol–water partition coefficient (Wildman–Crippen LogP) is 1.93. The molecule has 0 aromatic heterocycles. The van der Waals surface area contributed by atoms with Crippen molar-refractivity contribution in [1.82, 2.24) is 5.43 Å². The molecular weight excluding hydrogens is 313 g/mol. The highest BCUT2D eigenvalue weighted by atomic mass is 19.4. The summed E-state index contributed by atoms with van der Waals surface area (Å²) in [6.07, 6.45) is -5.26. The first-order chi connectivity index (χ1) is 10.9. The number of cyclic esters (lactones) is 1. The van der Waals surface area contributed by atoms with E-state index in [9.17, 15) is 18.0 Å². The lowest BCUT2D eigenvalue weighted by Crippen LogP contribution is -2.32. The highest BCUT2D eigenvalue weighted by Gasteiger charge is 2.35. The average Bonchev–Trinajstić information content (AvgIpc) is 2.52. The molecule has 0 spiro atoms. The summed E-state index contributed by atoms with van der Waals surface area (Å²) in [7, 11) is 0. The Hall–Kier alpha value is -2.29. The van der Waals surface area contributed by atoms with Crippen LogP contribution in [0.4, 0.5) is 23.7 Å². The Labute approximate surface area is 131 Å². The van der Waals surface area contributed by atoms with Gasteiger partial charge in [0.1, 0.15) is 12.3 Å². The van der Waals surface area contributed by atoms with Crippen molar-refractivity contribution in [3.8, 4) is 0 Å². The van der Waals surface area contributed by atoms with E-state index in [0.717, 1.165) is 6.07 Å². The smallest absolute Gasteiger partial charge is 0.428 e. The molecule has 2 rings (SSSR count). The fraction of sp³-hybridized carbons (Fsp3) is 0.429. The highest BCUT2D eigenvalue weighted by molar-refractivity contribution is 6.04. The monoisotopic (exact) mass is 330 g/mol. The number of hydrogen-bond donors (Lipinski definition) is 2. The number of amides is 1. The number of nitrogens with zero attached hydrogens (tertiary/aromatic N) is 2. The van der Waals surface area contributed by atoms with Gasteiger partial charge in [0.25, 0.3) is 0 Å². The van der Waals surface area contributed by atoms with Crippen molar-refractivity contribution in [3.05, 3.63) is 29.3 Å². The Morgan fingerprint density at radius 2 is 2.17 bits per heavy atom. The SMILES string of the molecule is CCN(CCN)c1ccc(C2=NNC(=O)OC2)cc1C(F)(F)F. The van der Waals surface area contributed by atoms with Crippen LogP contribution < -0.4 is 16.1 Å². The van der Waals surface area contributed by atoms with Gasteiger partial charge in [-0.25, -0.2) is 10.2 Å². The Bertz CT molecular complexity index is 617. The molecule has 1 aliphatic rings. The summed E-state index contributed by atoms with van der Waals surface area (Å²) in [4.78, 5) is 12.4. The van der Waals surface area contributed by atoms with Crippen LogP contribution in [0.2, 0.25) is 0 Å². The van der Waals surface area contributed by atoms with Crippen LogP contribution in [0.5, 0.6) is 0 Å². The normalized spacial score (nSPS) is 14.8. The molecule has 1 heterocycles. The molecule has 0 radical (unpaired) electrons. The van der Waals surface area contributed by atoms with Crippen molar-refractivity contribution < 1.29 is 22.7 Å². The van der Waals surface area contributed by atoms with Crippen molar-refractivity contribution in [2.24, 2.45) is 10.8 Å². The minimum Gasteiger partial charge on any atom is -0.442 e. The van der Waals surface area contributed by atoms with Gasteiger partial charge in [-0.15, -0.1) is 0 Å². The molecule has 0 bridgehead atoms. The maximum atomic E-state index is 13.4. The average molecular weight is 330 g/mol. The maximum absolute atomic E-state index is 13.4. The number of carbonyl (C=O) groups is 1. The molecular formula is C14H17F3N4O2. The van der Waals surface area contributed by atoms with Crippen LogP contribution in [-0.4, -0.2) is 38.0 Å². The first-order valence-corrected chi connectivity index (χ1v) is 7.02. The quantitative estimate of drug-likeness (QED) is 0.865. The van der Waals surface area contributed by atoms with E-state index in [1.165, 1.54) is 12.1 Å². The molecule has 126 valence electrons. The topological polar surface area (TPSA) is 80.0 Å². The van der Waals surface area contributed by atoms with Crippen molar-refractivity contribution >= 4 is 17.5 Å². The lowest BCUT2D eigenvalue weighted by molar-refractivity contribution is -0.137. The number of nitrogens with one attached hydrogen (secondary N) is 1. The van der Waals surface area contributed by atoms with E-state index in [1.54, 1.807) is 11.8 Å². The first-order valence-electron chi connectivity index (χ1n) is 7.02. The van der Waals surface area contributed by atoms with Crippen molar-refractivity contribution in [3.63, 3.8) is 0 Å². The summed E-state index contributed by atoms with van der Waals surface area (Å²) < 4.78 is 44.9. The molecule has 3 N–H and O–H groups in total. The lowest BCUT2D eigenvalue weighted by Gasteiger charge is -2.26. The number of alkyl halides is 3.